The van der Waals surface area contributed by atoms with Crippen molar-refractivity contribution in [2.75, 3.05) is 13.1 Å². The van der Waals surface area contributed by atoms with Crippen LogP contribution in [0, 0.1) is 0 Å². The summed E-state index contributed by atoms with van der Waals surface area (Å²) in [7, 11) is 0. The molecule has 3 nitrogen and oxygen atoms in total. The van der Waals surface area contributed by atoms with E-state index < -0.39 is 0 Å². The van der Waals surface area contributed by atoms with E-state index in [0.717, 1.165) is 13.1 Å². The summed E-state index contributed by atoms with van der Waals surface area (Å²) < 4.78 is 0. The van der Waals surface area contributed by atoms with Crippen molar-refractivity contribution >= 4 is 18.4 Å². The van der Waals surface area contributed by atoms with Crippen molar-refractivity contribution in [3.8, 4) is 0 Å². The number of halogens is 1. The highest BCUT2D eigenvalue weighted by molar-refractivity contribution is 5.85. The van der Waals surface area contributed by atoms with Gasteiger partial charge in [-0.1, -0.05) is 12.8 Å². The number of hydrogen-bond acceptors (Lipinski definition) is 1. The molecule has 82 valence electrons. The number of hydrogen-bond donors (Lipinski definition) is 1. The fraction of sp³-hybridized carbons (Fsp3) is 0.900. The van der Waals surface area contributed by atoms with E-state index in [0.29, 0.717) is 6.04 Å². The van der Waals surface area contributed by atoms with E-state index in [1.54, 1.807) is 0 Å². The molecule has 1 N–H and O–H groups in total. The number of likely N-dealkylation sites (tertiary alicyclic amines) is 1. The fourth-order valence-electron chi connectivity index (χ4n) is 2.26. The van der Waals surface area contributed by atoms with Crippen molar-refractivity contribution in [2.24, 2.45) is 0 Å². The molecule has 0 atom stereocenters. The largest absolute Gasteiger partial charge is 0.335 e. The minimum Gasteiger partial charge on any atom is -0.335 e. The van der Waals surface area contributed by atoms with Gasteiger partial charge in [0, 0.05) is 19.1 Å². The van der Waals surface area contributed by atoms with Crippen molar-refractivity contribution in [1.82, 2.24) is 10.2 Å². The van der Waals surface area contributed by atoms with Gasteiger partial charge < -0.3 is 10.2 Å². The Morgan fingerprint density at radius 3 is 2.21 bits per heavy atom. The lowest BCUT2D eigenvalue weighted by Gasteiger charge is -2.19. The van der Waals surface area contributed by atoms with Crippen LogP contribution in [-0.4, -0.2) is 30.1 Å². The molecule has 2 amide bonds. The Labute approximate surface area is 91.6 Å². The smallest absolute Gasteiger partial charge is 0.317 e. The first-order valence-electron chi connectivity index (χ1n) is 5.42. The number of amides is 2. The maximum atomic E-state index is 11.6. The van der Waals surface area contributed by atoms with Crippen LogP contribution in [-0.2, 0) is 0 Å². The molecule has 1 saturated carbocycles. The SMILES string of the molecule is Cl.O=C(NC1CCCC1)N1CCCC1. The molecule has 0 spiro atoms. The number of urea groups is 1. The fourth-order valence-corrected chi connectivity index (χ4v) is 2.26. The first-order valence-corrected chi connectivity index (χ1v) is 5.42. The Hall–Kier alpha value is -0.440. The molecule has 1 heterocycles. The molecule has 0 aromatic carbocycles. The summed E-state index contributed by atoms with van der Waals surface area (Å²) in [6.45, 7) is 1.91. The lowest BCUT2D eigenvalue weighted by Crippen LogP contribution is -2.42. The number of carbonyl (C=O) groups excluding carboxylic acids is 1. The Balaban J connectivity index is 0.000000980. The second-order valence-electron chi connectivity index (χ2n) is 4.13. The van der Waals surface area contributed by atoms with E-state index in [1.807, 2.05) is 4.90 Å². The predicted octanol–water partition coefficient (Wildman–Crippen LogP) is 2.16. The molecular weight excluding hydrogens is 200 g/mol. The molecule has 4 heteroatoms. The summed E-state index contributed by atoms with van der Waals surface area (Å²) in [4.78, 5) is 13.6. The lowest BCUT2D eigenvalue weighted by atomic mass is 10.2. The highest BCUT2D eigenvalue weighted by Gasteiger charge is 2.22. The van der Waals surface area contributed by atoms with Gasteiger partial charge in [0.15, 0.2) is 0 Å². The summed E-state index contributed by atoms with van der Waals surface area (Å²) in [5.41, 5.74) is 0. The third-order valence-corrected chi connectivity index (χ3v) is 3.08. The maximum absolute atomic E-state index is 11.6. The van der Waals surface area contributed by atoms with Gasteiger partial charge >= 0.3 is 6.03 Å². The van der Waals surface area contributed by atoms with Gasteiger partial charge in [0.25, 0.3) is 0 Å². The van der Waals surface area contributed by atoms with E-state index in [4.69, 9.17) is 0 Å². The highest BCUT2D eigenvalue weighted by atomic mass is 35.5. The van der Waals surface area contributed by atoms with E-state index in [-0.39, 0.29) is 18.4 Å². The van der Waals surface area contributed by atoms with Crippen LogP contribution in [0.2, 0.25) is 0 Å². The lowest BCUT2D eigenvalue weighted by molar-refractivity contribution is 0.204. The van der Waals surface area contributed by atoms with Gasteiger partial charge in [-0.05, 0) is 25.7 Å². The highest BCUT2D eigenvalue weighted by Crippen LogP contribution is 2.18. The zero-order chi connectivity index (χ0) is 9.10. The topological polar surface area (TPSA) is 32.3 Å². The van der Waals surface area contributed by atoms with Gasteiger partial charge in [-0.2, -0.15) is 0 Å². The van der Waals surface area contributed by atoms with Crippen LogP contribution >= 0.6 is 12.4 Å². The third kappa shape index (κ3) is 2.77. The van der Waals surface area contributed by atoms with Crippen LogP contribution in [0.3, 0.4) is 0 Å². The van der Waals surface area contributed by atoms with Crippen molar-refractivity contribution < 1.29 is 4.79 Å². The zero-order valence-corrected chi connectivity index (χ0v) is 9.31. The Kier molecular flexibility index (Phi) is 4.52. The summed E-state index contributed by atoms with van der Waals surface area (Å²) in [6.07, 6.45) is 7.28. The molecule has 1 saturated heterocycles. The predicted molar refractivity (Wildman–Crippen MR) is 58.8 cm³/mol. The minimum atomic E-state index is 0. The molecule has 2 rings (SSSR count). The molecular formula is C10H19ClN2O. The summed E-state index contributed by atoms with van der Waals surface area (Å²) in [5, 5.41) is 3.11. The van der Waals surface area contributed by atoms with Crippen molar-refractivity contribution in [3.05, 3.63) is 0 Å². The average molecular weight is 219 g/mol. The van der Waals surface area contributed by atoms with Gasteiger partial charge in [-0.15, -0.1) is 12.4 Å². The van der Waals surface area contributed by atoms with Crippen molar-refractivity contribution in [3.63, 3.8) is 0 Å². The van der Waals surface area contributed by atoms with Crippen LogP contribution in [0.1, 0.15) is 38.5 Å². The molecule has 0 aromatic heterocycles. The van der Waals surface area contributed by atoms with Crippen LogP contribution in [0.4, 0.5) is 4.79 Å². The van der Waals surface area contributed by atoms with Crippen molar-refractivity contribution in [1.29, 1.82) is 0 Å². The second-order valence-corrected chi connectivity index (χ2v) is 4.13. The van der Waals surface area contributed by atoms with E-state index >= 15 is 0 Å². The molecule has 1 aliphatic heterocycles. The standard InChI is InChI=1S/C10H18N2O.ClH/c13-10(12-7-3-4-8-12)11-9-5-1-2-6-9;/h9H,1-8H2,(H,11,13);1H. The maximum Gasteiger partial charge on any atom is 0.317 e. The monoisotopic (exact) mass is 218 g/mol. The van der Waals surface area contributed by atoms with E-state index in [2.05, 4.69) is 5.32 Å². The number of nitrogens with one attached hydrogen (secondary N) is 1. The number of rotatable bonds is 1. The summed E-state index contributed by atoms with van der Waals surface area (Å²) in [5.74, 6) is 0. The molecule has 1 aliphatic carbocycles. The first-order chi connectivity index (χ1) is 6.36. The third-order valence-electron chi connectivity index (χ3n) is 3.08. The van der Waals surface area contributed by atoms with Crippen LogP contribution in [0.5, 0.6) is 0 Å². The van der Waals surface area contributed by atoms with Gasteiger partial charge in [-0.25, -0.2) is 4.79 Å². The second kappa shape index (κ2) is 5.44. The van der Waals surface area contributed by atoms with Gasteiger partial charge in [0.2, 0.25) is 0 Å². The molecule has 14 heavy (non-hydrogen) atoms. The summed E-state index contributed by atoms with van der Waals surface area (Å²) >= 11 is 0. The van der Waals surface area contributed by atoms with Gasteiger partial charge in [0.05, 0.1) is 0 Å². The molecule has 0 unspecified atom stereocenters. The van der Waals surface area contributed by atoms with Crippen molar-refractivity contribution in [2.45, 2.75) is 44.6 Å². The van der Waals surface area contributed by atoms with Crippen LogP contribution < -0.4 is 5.32 Å². The van der Waals surface area contributed by atoms with Gasteiger partial charge in [-0.3, -0.25) is 0 Å². The number of carbonyl (C=O) groups is 1. The average Bonchev–Trinajstić information content (AvgIpc) is 2.74. The molecule has 2 aliphatic rings. The van der Waals surface area contributed by atoms with Crippen LogP contribution in [0.15, 0.2) is 0 Å². The van der Waals surface area contributed by atoms with Crippen LogP contribution in [0.25, 0.3) is 0 Å². The van der Waals surface area contributed by atoms with Gasteiger partial charge in [0.1, 0.15) is 0 Å². The Bertz CT molecular complexity index is 187. The first kappa shape index (κ1) is 11.6. The molecule has 2 fully saturated rings. The van der Waals surface area contributed by atoms with E-state index in [9.17, 15) is 4.79 Å². The quantitative estimate of drug-likeness (QED) is 0.719. The Morgan fingerprint density at radius 1 is 1.07 bits per heavy atom. The molecule has 0 radical (unpaired) electrons. The van der Waals surface area contributed by atoms with E-state index in [1.165, 1.54) is 38.5 Å². The summed E-state index contributed by atoms with van der Waals surface area (Å²) in [6, 6.07) is 0.637. The molecule has 0 bridgehead atoms. The minimum absolute atomic E-state index is 0. The Morgan fingerprint density at radius 2 is 1.64 bits per heavy atom. The zero-order valence-electron chi connectivity index (χ0n) is 8.50. The normalized spacial score (nSPS) is 22.1. The molecule has 0 aromatic rings. The number of nitrogens with zero attached hydrogens (tertiary/aromatic N) is 1.